The minimum Gasteiger partial charge on any atom is -0.396 e. The average Bonchev–Trinajstić information content (AvgIpc) is 2.62. The topological polar surface area (TPSA) is 81.7 Å². The molecule has 1 aromatic rings. The molecule has 0 radical (unpaired) electrons. The number of para-hydroxylation sites is 1. The molecule has 24 heavy (non-hydrogen) atoms. The van der Waals surface area contributed by atoms with Crippen molar-refractivity contribution in [1.29, 1.82) is 0 Å². The summed E-state index contributed by atoms with van der Waals surface area (Å²) < 4.78 is 0. The fourth-order valence-electron chi connectivity index (χ4n) is 2.90. The van der Waals surface area contributed by atoms with Crippen LogP contribution in [0.25, 0.3) is 0 Å². The van der Waals surface area contributed by atoms with Crippen LogP contribution in [0.1, 0.15) is 38.5 Å². The van der Waals surface area contributed by atoms with Gasteiger partial charge in [-0.15, -0.1) is 0 Å². The van der Waals surface area contributed by atoms with Crippen LogP contribution in [-0.2, 0) is 4.79 Å². The molecule has 1 aliphatic rings. The Hall–Kier alpha value is -2.08. The molecule has 2 rings (SSSR count). The Bertz CT molecular complexity index is 516. The highest BCUT2D eigenvalue weighted by molar-refractivity contribution is 5.93. The number of piperidine rings is 1. The Morgan fingerprint density at radius 3 is 2.46 bits per heavy atom. The lowest BCUT2D eigenvalue weighted by atomic mass is 10.1. The van der Waals surface area contributed by atoms with E-state index in [1.54, 1.807) is 12.1 Å². The first-order chi connectivity index (χ1) is 11.7. The van der Waals surface area contributed by atoms with Gasteiger partial charge in [-0.2, -0.15) is 0 Å². The van der Waals surface area contributed by atoms with Gasteiger partial charge in [-0.05, 0) is 50.7 Å². The van der Waals surface area contributed by atoms with Crippen LogP contribution >= 0.6 is 0 Å². The molecule has 0 bridgehead atoms. The summed E-state index contributed by atoms with van der Waals surface area (Å²) in [6.07, 6.45) is 5.06. The lowest BCUT2D eigenvalue weighted by molar-refractivity contribution is -0.134. The smallest absolute Gasteiger partial charge is 0.319 e. The molecule has 3 N–H and O–H groups in total. The van der Waals surface area contributed by atoms with Crippen LogP contribution in [0.4, 0.5) is 10.5 Å². The van der Waals surface area contributed by atoms with Crippen molar-refractivity contribution in [2.75, 3.05) is 25.0 Å². The Labute approximate surface area is 143 Å². The lowest BCUT2D eigenvalue weighted by Gasteiger charge is -2.30. The van der Waals surface area contributed by atoms with Crippen molar-refractivity contribution in [1.82, 2.24) is 10.2 Å². The Kier molecular flexibility index (Phi) is 7.55. The zero-order chi connectivity index (χ0) is 17.2. The second kappa shape index (κ2) is 9.93. The van der Waals surface area contributed by atoms with Crippen molar-refractivity contribution in [3.63, 3.8) is 0 Å². The summed E-state index contributed by atoms with van der Waals surface area (Å²) in [6.45, 7) is 1.62. The molecule has 1 saturated heterocycles. The van der Waals surface area contributed by atoms with Crippen molar-refractivity contribution < 1.29 is 14.7 Å². The van der Waals surface area contributed by atoms with E-state index in [0.29, 0.717) is 24.9 Å². The third kappa shape index (κ3) is 5.85. The molecule has 3 amide bonds. The van der Waals surface area contributed by atoms with Gasteiger partial charge in [0, 0.05) is 25.4 Å². The van der Waals surface area contributed by atoms with Gasteiger partial charge in [0.25, 0.3) is 0 Å². The van der Waals surface area contributed by atoms with Gasteiger partial charge in [0.15, 0.2) is 0 Å². The molecule has 132 valence electrons. The molecule has 1 atom stereocenters. The highest BCUT2D eigenvalue weighted by Gasteiger charge is 2.26. The molecule has 0 aromatic heterocycles. The minimum atomic E-state index is -0.543. The number of carbonyl (C=O) groups is 2. The maximum absolute atomic E-state index is 12.7. The van der Waals surface area contributed by atoms with E-state index >= 15 is 0 Å². The zero-order valence-electron chi connectivity index (χ0n) is 14.0. The second-order valence-corrected chi connectivity index (χ2v) is 6.12. The molecule has 1 unspecified atom stereocenters. The van der Waals surface area contributed by atoms with E-state index < -0.39 is 6.04 Å². The van der Waals surface area contributed by atoms with Gasteiger partial charge >= 0.3 is 6.03 Å². The molecule has 1 heterocycles. The largest absolute Gasteiger partial charge is 0.396 e. The van der Waals surface area contributed by atoms with Crippen LogP contribution in [0, 0.1) is 0 Å². The van der Waals surface area contributed by atoms with Gasteiger partial charge in [-0.25, -0.2) is 4.79 Å². The number of nitrogens with one attached hydrogen (secondary N) is 2. The molecular formula is C18H27N3O3. The summed E-state index contributed by atoms with van der Waals surface area (Å²) in [7, 11) is 0. The van der Waals surface area contributed by atoms with Gasteiger partial charge in [0.1, 0.15) is 6.04 Å². The number of rotatable bonds is 7. The van der Waals surface area contributed by atoms with Crippen LogP contribution in [0.2, 0.25) is 0 Å². The molecule has 0 spiro atoms. The number of hydrogen-bond acceptors (Lipinski definition) is 3. The van der Waals surface area contributed by atoms with Gasteiger partial charge in [0.2, 0.25) is 5.91 Å². The van der Waals surface area contributed by atoms with Gasteiger partial charge in [-0.3, -0.25) is 4.79 Å². The van der Waals surface area contributed by atoms with E-state index in [9.17, 15) is 9.59 Å². The number of carbonyl (C=O) groups excluding carboxylic acids is 2. The van der Waals surface area contributed by atoms with Crippen molar-refractivity contribution in [3.05, 3.63) is 30.3 Å². The first-order valence-electron chi connectivity index (χ1n) is 8.73. The average molecular weight is 333 g/mol. The molecule has 0 saturated carbocycles. The second-order valence-electron chi connectivity index (χ2n) is 6.12. The third-order valence-corrected chi connectivity index (χ3v) is 4.20. The fourth-order valence-corrected chi connectivity index (χ4v) is 2.90. The predicted octanol–water partition coefficient (Wildman–Crippen LogP) is 2.35. The summed E-state index contributed by atoms with van der Waals surface area (Å²) in [5, 5.41) is 14.5. The number of aliphatic hydroxyl groups excluding tert-OH is 1. The third-order valence-electron chi connectivity index (χ3n) is 4.20. The monoisotopic (exact) mass is 333 g/mol. The van der Waals surface area contributed by atoms with Crippen molar-refractivity contribution in [3.8, 4) is 0 Å². The van der Waals surface area contributed by atoms with Crippen LogP contribution in [-0.4, -0.2) is 47.7 Å². The maximum atomic E-state index is 12.7. The summed E-state index contributed by atoms with van der Waals surface area (Å²) in [5.41, 5.74) is 0.689. The standard InChI is InChI=1S/C18H27N3O3/c22-14-8-5-11-16(17(23)21-12-6-2-7-13-21)20-18(24)19-15-9-3-1-4-10-15/h1,3-4,9-10,16,22H,2,5-8,11-14H2,(H2,19,20,24). The number of likely N-dealkylation sites (tertiary alicyclic amines) is 1. The number of nitrogens with zero attached hydrogens (tertiary/aromatic N) is 1. The molecular weight excluding hydrogens is 306 g/mol. The molecule has 0 aliphatic carbocycles. The summed E-state index contributed by atoms with van der Waals surface area (Å²) in [5.74, 6) is -0.0177. The van der Waals surface area contributed by atoms with Crippen LogP contribution in [0.3, 0.4) is 0 Å². The normalized spacial score (nSPS) is 15.6. The SMILES string of the molecule is O=C(Nc1ccccc1)NC(CCCCO)C(=O)N1CCCCC1. The van der Waals surface area contributed by atoms with E-state index in [1.807, 2.05) is 23.1 Å². The fraction of sp³-hybridized carbons (Fsp3) is 0.556. The quantitative estimate of drug-likeness (QED) is 0.670. The number of urea groups is 1. The van der Waals surface area contributed by atoms with E-state index in [2.05, 4.69) is 10.6 Å². The maximum Gasteiger partial charge on any atom is 0.319 e. The van der Waals surface area contributed by atoms with Crippen LogP contribution in [0.5, 0.6) is 0 Å². The van der Waals surface area contributed by atoms with E-state index in [-0.39, 0.29) is 18.5 Å². The van der Waals surface area contributed by atoms with E-state index in [1.165, 1.54) is 0 Å². The number of aliphatic hydroxyl groups is 1. The Morgan fingerprint density at radius 1 is 1.08 bits per heavy atom. The highest BCUT2D eigenvalue weighted by Crippen LogP contribution is 2.13. The zero-order valence-corrected chi connectivity index (χ0v) is 14.0. The van der Waals surface area contributed by atoms with Crippen molar-refractivity contribution in [2.24, 2.45) is 0 Å². The van der Waals surface area contributed by atoms with Gasteiger partial charge in [0.05, 0.1) is 0 Å². The molecule has 1 fully saturated rings. The first kappa shape index (κ1) is 18.3. The van der Waals surface area contributed by atoms with E-state index in [4.69, 9.17) is 5.11 Å². The summed E-state index contributed by atoms with van der Waals surface area (Å²) >= 11 is 0. The van der Waals surface area contributed by atoms with Crippen LogP contribution < -0.4 is 10.6 Å². The first-order valence-corrected chi connectivity index (χ1v) is 8.73. The van der Waals surface area contributed by atoms with Crippen LogP contribution in [0.15, 0.2) is 30.3 Å². The number of hydrogen-bond donors (Lipinski definition) is 3. The lowest BCUT2D eigenvalue weighted by Crippen LogP contribution is -2.51. The molecule has 6 nitrogen and oxygen atoms in total. The Morgan fingerprint density at radius 2 is 1.79 bits per heavy atom. The minimum absolute atomic E-state index is 0.0177. The summed E-state index contributed by atoms with van der Waals surface area (Å²) in [6, 6.07) is 8.24. The van der Waals surface area contributed by atoms with Crippen molar-refractivity contribution >= 4 is 17.6 Å². The number of amides is 3. The summed E-state index contributed by atoms with van der Waals surface area (Å²) in [4.78, 5) is 26.7. The number of anilines is 1. The number of unbranched alkanes of at least 4 members (excludes halogenated alkanes) is 1. The van der Waals surface area contributed by atoms with Crippen molar-refractivity contribution in [2.45, 2.75) is 44.6 Å². The molecule has 6 heteroatoms. The van der Waals surface area contributed by atoms with Gasteiger partial charge < -0.3 is 20.6 Å². The molecule has 1 aliphatic heterocycles. The number of benzene rings is 1. The van der Waals surface area contributed by atoms with Gasteiger partial charge in [-0.1, -0.05) is 18.2 Å². The Balaban J connectivity index is 1.93. The predicted molar refractivity (Wildman–Crippen MR) is 93.8 cm³/mol. The molecule has 1 aromatic carbocycles. The highest BCUT2D eigenvalue weighted by atomic mass is 16.3. The van der Waals surface area contributed by atoms with E-state index in [0.717, 1.165) is 32.4 Å².